The number of carbonyl (C=O) groups excluding carboxylic acids is 1. The zero-order chi connectivity index (χ0) is 13.8. The fourth-order valence-corrected chi connectivity index (χ4v) is 2.76. The van der Waals surface area contributed by atoms with E-state index in [1.165, 1.54) is 19.4 Å². The van der Waals surface area contributed by atoms with E-state index >= 15 is 0 Å². The van der Waals surface area contributed by atoms with Gasteiger partial charge in [0.1, 0.15) is 0 Å². The van der Waals surface area contributed by atoms with Gasteiger partial charge < -0.3 is 16.0 Å². The van der Waals surface area contributed by atoms with Crippen LogP contribution >= 0.6 is 0 Å². The maximum absolute atomic E-state index is 11.2. The molecule has 4 heteroatoms. The highest BCUT2D eigenvalue weighted by atomic mass is 16.1. The molecule has 1 amide bonds. The van der Waals surface area contributed by atoms with Gasteiger partial charge in [-0.05, 0) is 57.5 Å². The number of hydrogen-bond donors (Lipinski definition) is 2. The summed E-state index contributed by atoms with van der Waals surface area (Å²) >= 11 is 0. The fraction of sp³-hybridized carbons (Fsp3) is 0.533. The SMILES string of the molecule is CC(Nc1cccc(C(N)=O)c1)C1CCCN(C)C1. The molecule has 1 aliphatic heterocycles. The molecule has 0 aromatic heterocycles. The van der Waals surface area contributed by atoms with Crippen molar-refractivity contribution in [1.29, 1.82) is 0 Å². The first kappa shape index (κ1) is 13.9. The van der Waals surface area contributed by atoms with E-state index in [4.69, 9.17) is 5.73 Å². The lowest BCUT2D eigenvalue weighted by molar-refractivity contribution is 0.100. The molecule has 1 aromatic carbocycles. The summed E-state index contributed by atoms with van der Waals surface area (Å²) < 4.78 is 0. The average molecular weight is 261 g/mol. The Bertz CT molecular complexity index is 447. The van der Waals surface area contributed by atoms with Crippen LogP contribution in [0, 0.1) is 5.92 Å². The predicted molar refractivity (Wildman–Crippen MR) is 78.3 cm³/mol. The number of nitrogens with zero attached hydrogens (tertiary/aromatic N) is 1. The lowest BCUT2D eigenvalue weighted by atomic mass is 9.91. The number of nitrogens with one attached hydrogen (secondary N) is 1. The molecular formula is C15H23N3O. The Balaban J connectivity index is 1.99. The van der Waals surface area contributed by atoms with Crippen molar-refractivity contribution < 1.29 is 4.79 Å². The van der Waals surface area contributed by atoms with Crippen molar-refractivity contribution in [2.75, 3.05) is 25.5 Å². The van der Waals surface area contributed by atoms with Crippen LogP contribution in [0.4, 0.5) is 5.69 Å². The summed E-state index contributed by atoms with van der Waals surface area (Å²) in [6.07, 6.45) is 2.52. The number of carbonyl (C=O) groups is 1. The van der Waals surface area contributed by atoms with Crippen molar-refractivity contribution in [2.24, 2.45) is 11.7 Å². The molecule has 0 aliphatic carbocycles. The molecule has 1 saturated heterocycles. The summed E-state index contributed by atoms with van der Waals surface area (Å²) in [5.74, 6) is 0.268. The van der Waals surface area contributed by atoms with Crippen LogP contribution in [-0.2, 0) is 0 Å². The van der Waals surface area contributed by atoms with Crippen LogP contribution in [0.3, 0.4) is 0 Å². The standard InChI is InChI=1S/C15H23N3O/c1-11(13-6-4-8-18(2)10-13)17-14-7-3-5-12(9-14)15(16)19/h3,5,7,9,11,13,17H,4,6,8,10H2,1-2H3,(H2,16,19). The van der Waals surface area contributed by atoms with E-state index in [1.54, 1.807) is 6.07 Å². The Morgan fingerprint density at radius 3 is 3.00 bits per heavy atom. The molecule has 2 unspecified atom stereocenters. The van der Waals surface area contributed by atoms with E-state index in [9.17, 15) is 4.79 Å². The minimum absolute atomic E-state index is 0.381. The maximum Gasteiger partial charge on any atom is 0.248 e. The third-order valence-corrected chi connectivity index (χ3v) is 3.91. The quantitative estimate of drug-likeness (QED) is 0.870. The number of amides is 1. The zero-order valence-electron chi connectivity index (χ0n) is 11.7. The third kappa shape index (κ3) is 3.70. The molecule has 4 nitrogen and oxygen atoms in total. The van der Waals surface area contributed by atoms with E-state index < -0.39 is 0 Å². The summed E-state index contributed by atoms with van der Waals surface area (Å²) in [4.78, 5) is 13.6. The van der Waals surface area contributed by atoms with Crippen molar-refractivity contribution in [1.82, 2.24) is 4.90 Å². The Hall–Kier alpha value is -1.55. The molecular weight excluding hydrogens is 238 g/mol. The van der Waals surface area contributed by atoms with Gasteiger partial charge in [-0.25, -0.2) is 0 Å². The van der Waals surface area contributed by atoms with Gasteiger partial charge in [0, 0.05) is 23.8 Å². The molecule has 1 heterocycles. The van der Waals surface area contributed by atoms with Crippen molar-refractivity contribution in [3.05, 3.63) is 29.8 Å². The predicted octanol–water partition coefficient (Wildman–Crippen LogP) is 1.93. The van der Waals surface area contributed by atoms with Crippen LogP contribution in [0.2, 0.25) is 0 Å². The van der Waals surface area contributed by atoms with E-state index in [0.717, 1.165) is 12.2 Å². The number of nitrogens with two attached hydrogens (primary N) is 1. The zero-order valence-corrected chi connectivity index (χ0v) is 11.7. The van der Waals surface area contributed by atoms with Gasteiger partial charge in [-0.3, -0.25) is 4.79 Å². The molecule has 1 aliphatic rings. The Morgan fingerprint density at radius 1 is 1.53 bits per heavy atom. The molecule has 2 atom stereocenters. The van der Waals surface area contributed by atoms with Crippen molar-refractivity contribution in [3.63, 3.8) is 0 Å². The molecule has 1 fully saturated rings. The second-order valence-corrected chi connectivity index (χ2v) is 5.54. The van der Waals surface area contributed by atoms with Crippen LogP contribution in [0.25, 0.3) is 0 Å². The molecule has 0 spiro atoms. The van der Waals surface area contributed by atoms with Gasteiger partial charge in [0.2, 0.25) is 5.91 Å². The summed E-state index contributed by atoms with van der Waals surface area (Å²) in [6, 6.07) is 7.81. The number of anilines is 1. The summed E-state index contributed by atoms with van der Waals surface area (Å²) in [5.41, 5.74) is 6.82. The molecule has 0 radical (unpaired) electrons. The second-order valence-electron chi connectivity index (χ2n) is 5.54. The maximum atomic E-state index is 11.2. The van der Waals surface area contributed by atoms with Crippen LogP contribution in [0.15, 0.2) is 24.3 Å². The molecule has 1 aromatic rings. The first-order chi connectivity index (χ1) is 9.06. The number of likely N-dealkylation sites (tertiary alicyclic amines) is 1. The minimum Gasteiger partial charge on any atom is -0.382 e. The van der Waals surface area contributed by atoms with E-state index in [2.05, 4.69) is 24.2 Å². The second kappa shape index (κ2) is 6.06. The Labute approximate surface area is 115 Å². The highest BCUT2D eigenvalue weighted by Gasteiger charge is 2.22. The Kier molecular flexibility index (Phi) is 4.43. The summed E-state index contributed by atoms with van der Waals surface area (Å²) in [7, 11) is 2.17. The smallest absolute Gasteiger partial charge is 0.248 e. The Morgan fingerprint density at radius 2 is 2.32 bits per heavy atom. The average Bonchev–Trinajstić information content (AvgIpc) is 2.39. The number of benzene rings is 1. The molecule has 19 heavy (non-hydrogen) atoms. The number of rotatable bonds is 4. The van der Waals surface area contributed by atoms with E-state index in [0.29, 0.717) is 17.5 Å². The van der Waals surface area contributed by atoms with Crippen molar-refractivity contribution in [2.45, 2.75) is 25.8 Å². The topological polar surface area (TPSA) is 58.4 Å². The van der Waals surface area contributed by atoms with Gasteiger partial charge in [-0.1, -0.05) is 6.07 Å². The number of piperidine rings is 1. The van der Waals surface area contributed by atoms with Gasteiger partial charge in [0.25, 0.3) is 0 Å². The van der Waals surface area contributed by atoms with Crippen LogP contribution < -0.4 is 11.1 Å². The van der Waals surface area contributed by atoms with Gasteiger partial charge in [0.15, 0.2) is 0 Å². The van der Waals surface area contributed by atoms with Gasteiger partial charge >= 0.3 is 0 Å². The molecule has 3 N–H and O–H groups in total. The van der Waals surface area contributed by atoms with Crippen LogP contribution in [0.1, 0.15) is 30.1 Å². The van der Waals surface area contributed by atoms with E-state index in [1.807, 2.05) is 18.2 Å². The van der Waals surface area contributed by atoms with Crippen molar-refractivity contribution in [3.8, 4) is 0 Å². The highest BCUT2D eigenvalue weighted by Crippen LogP contribution is 2.22. The first-order valence-corrected chi connectivity index (χ1v) is 6.91. The lowest BCUT2D eigenvalue weighted by Gasteiger charge is -2.34. The first-order valence-electron chi connectivity index (χ1n) is 6.91. The number of hydrogen-bond acceptors (Lipinski definition) is 3. The molecule has 104 valence electrons. The largest absolute Gasteiger partial charge is 0.382 e. The molecule has 0 bridgehead atoms. The minimum atomic E-state index is -0.381. The summed E-state index contributed by atoms with van der Waals surface area (Å²) in [6.45, 7) is 4.53. The molecule has 0 saturated carbocycles. The monoisotopic (exact) mass is 261 g/mol. The fourth-order valence-electron chi connectivity index (χ4n) is 2.76. The van der Waals surface area contributed by atoms with E-state index in [-0.39, 0.29) is 5.91 Å². The van der Waals surface area contributed by atoms with Crippen molar-refractivity contribution >= 4 is 11.6 Å². The summed E-state index contributed by atoms with van der Waals surface area (Å²) in [5, 5.41) is 3.49. The molecule has 2 rings (SSSR count). The van der Waals surface area contributed by atoms with Gasteiger partial charge in [-0.15, -0.1) is 0 Å². The van der Waals surface area contributed by atoms with Gasteiger partial charge in [0.05, 0.1) is 0 Å². The third-order valence-electron chi connectivity index (χ3n) is 3.91. The van der Waals surface area contributed by atoms with Gasteiger partial charge in [-0.2, -0.15) is 0 Å². The normalized spacial score (nSPS) is 21.9. The highest BCUT2D eigenvalue weighted by molar-refractivity contribution is 5.93. The van der Waals surface area contributed by atoms with Crippen LogP contribution in [-0.4, -0.2) is 37.0 Å². The lowest BCUT2D eigenvalue weighted by Crippen LogP contribution is -2.39. The number of primary amides is 1. The van der Waals surface area contributed by atoms with Crippen LogP contribution in [0.5, 0.6) is 0 Å².